The summed E-state index contributed by atoms with van der Waals surface area (Å²) in [6, 6.07) is 47.2. The van der Waals surface area contributed by atoms with Crippen LogP contribution in [0.1, 0.15) is 44.2 Å². The molecule has 2 heterocycles. The molecule has 0 spiro atoms. The molecule has 0 aliphatic heterocycles. The van der Waals surface area contributed by atoms with Gasteiger partial charge in [-0.15, -0.1) is 11.3 Å². The minimum Gasteiger partial charge on any atom is -0.292 e. The fourth-order valence-corrected chi connectivity index (χ4v) is 8.13. The number of allylic oxidation sites excluding steroid dienone is 9. The van der Waals surface area contributed by atoms with Crippen molar-refractivity contribution in [2.75, 3.05) is 0 Å². The Hall–Kier alpha value is -6.03. The van der Waals surface area contributed by atoms with E-state index in [1.54, 1.807) is 0 Å². The minimum atomic E-state index is 0.980. The smallest absolute Gasteiger partial charge is 0.146 e. The molecule has 3 heteroatoms. The van der Waals surface area contributed by atoms with Gasteiger partial charge in [-0.05, 0) is 90.1 Å². The van der Waals surface area contributed by atoms with Gasteiger partial charge in [0.2, 0.25) is 0 Å². The van der Waals surface area contributed by atoms with E-state index in [-0.39, 0.29) is 0 Å². The van der Waals surface area contributed by atoms with Crippen molar-refractivity contribution in [3.8, 4) is 17.1 Å². The maximum atomic E-state index is 5.00. The van der Waals surface area contributed by atoms with E-state index < -0.39 is 0 Å². The van der Waals surface area contributed by atoms with Gasteiger partial charge in [-0.2, -0.15) is 0 Å². The Balaban J connectivity index is 0.000000140. The van der Waals surface area contributed by atoms with Crippen LogP contribution in [0.25, 0.3) is 64.6 Å². The van der Waals surface area contributed by atoms with E-state index in [9.17, 15) is 0 Å². The molecule has 2 aliphatic carbocycles. The number of hydrogen-bond donors (Lipinski definition) is 0. The number of fused-ring (bicyclic) bond motifs is 5. The first-order chi connectivity index (χ1) is 26.6. The summed E-state index contributed by atoms with van der Waals surface area (Å²) in [7, 11) is 0. The van der Waals surface area contributed by atoms with Gasteiger partial charge >= 0.3 is 0 Å². The third kappa shape index (κ3) is 7.83. The van der Waals surface area contributed by atoms with Gasteiger partial charge in [0, 0.05) is 31.4 Å². The van der Waals surface area contributed by atoms with Crippen molar-refractivity contribution in [3.05, 3.63) is 199 Å². The van der Waals surface area contributed by atoms with Crippen LogP contribution in [-0.4, -0.2) is 9.55 Å². The summed E-state index contributed by atoms with van der Waals surface area (Å²) in [6.07, 6.45) is 18.4. The molecule has 2 nitrogen and oxygen atoms in total. The summed E-state index contributed by atoms with van der Waals surface area (Å²) in [4.78, 5) is 5.00. The first kappa shape index (κ1) is 36.3. The first-order valence-corrected chi connectivity index (χ1v) is 19.8. The fourth-order valence-electron chi connectivity index (χ4n) is 6.98. The van der Waals surface area contributed by atoms with Crippen LogP contribution in [0.3, 0.4) is 0 Å². The van der Waals surface area contributed by atoms with Gasteiger partial charge in [-0.1, -0.05) is 166 Å². The number of rotatable bonds is 3. The second-order valence-electron chi connectivity index (χ2n) is 13.2. The Morgan fingerprint density at radius 2 is 1.35 bits per heavy atom. The number of hydrogen-bond acceptors (Lipinski definition) is 2. The molecule has 8 aromatic rings. The third-order valence-corrected chi connectivity index (χ3v) is 10.8. The topological polar surface area (TPSA) is 17.8 Å². The highest BCUT2D eigenvalue weighted by Gasteiger charge is 2.16. The second kappa shape index (κ2) is 17.2. The molecule has 6 aromatic carbocycles. The molecule has 0 amide bonds. The molecule has 0 fully saturated rings. The van der Waals surface area contributed by atoms with Crippen LogP contribution in [0.15, 0.2) is 188 Å². The molecule has 0 radical (unpaired) electrons. The lowest BCUT2D eigenvalue weighted by Gasteiger charge is -2.12. The first-order valence-electron chi connectivity index (χ1n) is 18.9. The summed E-state index contributed by atoms with van der Waals surface area (Å²) in [5.41, 5.74) is 9.61. The monoisotopic (exact) mass is 718 g/mol. The van der Waals surface area contributed by atoms with Crippen LogP contribution in [0.4, 0.5) is 0 Å². The van der Waals surface area contributed by atoms with Gasteiger partial charge < -0.3 is 0 Å². The van der Waals surface area contributed by atoms with Gasteiger partial charge in [-0.3, -0.25) is 4.57 Å². The molecular formula is C51H46N2S. The fraction of sp³-hybridized carbons (Fsp3) is 0.118. The van der Waals surface area contributed by atoms with Crippen LogP contribution < -0.4 is 0 Å². The molecule has 0 bridgehead atoms. The number of thiophene rings is 1. The Morgan fingerprint density at radius 3 is 2.09 bits per heavy atom. The number of nitrogens with zero attached hydrogens (tertiary/aromatic N) is 2. The summed E-state index contributed by atoms with van der Waals surface area (Å²) >= 11 is 1.89. The molecular weight excluding hydrogens is 673 g/mol. The van der Waals surface area contributed by atoms with Crippen molar-refractivity contribution >= 4 is 58.9 Å². The summed E-state index contributed by atoms with van der Waals surface area (Å²) in [6.45, 7) is 9.94. The van der Waals surface area contributed by atoms with Crippen molar-refractivity contribution in [1.82, 2.24) is 9.55 Å². The SMILES string of the molecule is C1=CC(c2ccc3c(c2)sc2ccccc23)=CCC1.C=C1C=CC=CC1.CC.Cc1ccc(-c2nc3ccccc3n2-c2ccccc2)c2ccccc12. The summed E-state index contributed by atoms with van der Waals surface area (Å²) in [5.74, 6) is 0.980. The zero-order valence-corrected chi connectivity index (χ0v) is 32.2. The van der Waals surface area contributed by atoms with Gasteiger partial charge in [0.05, 0.1) is 11.0 Å². The lowest BCUT2D eigenvalue weighted by Crippen LogP contribution is -1.98. The van der Waals surface area contributed by atoms with Crippen LogP contribution >= 0.6 is 11.3 Å². The van der Waals surface area contributed by atoms with Crippen molar-refractivity contribution in [2.45, 2.75) is 40.0 Å². The van der Waals surface area contributed by atoms with Gasteiger partial charge in [0.1, 0.15) is 5.82 Å². The van der Waals surface area contributed by atoms with Crippen molar-refractivity contribution < 1.29 is 0 Å². The zero-order valence-electron chi connectivity index (χ0n) is 31.4. The number of benzene rings is 6. The predicted molar refractivity (Wildman–Crippen MR) is 238 cm³/mol. The summed E-state index contributed by atoms with van der Waals surface area (Å²) < 4.78 is 5.02. The van der Waals surface area contributed by atoms with Gasteiger partial charge in [-0.25, -0.2) is 4.98 Å². The maximum Gasteiger partial charge on any atom is 0.146 e. The highest BCUT2D eigenvalue weighted by atomic mass is 32.1. The van der Waals surface area contributed by atoms with Crippen LogP contribution in [-0.2, 0) is 0 Å². The van der Waals surface area contributed by atoms with Gasteiger partial charge in [0.15, 0.2) is 0 Å². The predicted octanol–water partition coefficient (Wildman–Crippen LogP) is 15.0. The zero-order chi connectivity index (χ0) is 37.3. The van der Waals surface area contributed by atoms with Gasteiger partial charge in [0.25, 0.3) is 0 Å². The molecule has 2 aromatic heterocycles. The third-order valence-electron chi connectivity index (χ3n) is 9.62. The van der Waals surface area contributed by atoms with E-state index in [0.29, 0.717) is 0 Å². The van der Waals surface area contributed by atoms with E-state index >= 15 is 0 Å². The highest BCUT2D eigenvalue weighted by Crippen LogP contribution is 2.36. The number of imidazole rings is 1. The quantitative estimate of drug-likeness (QED) is 0.178. The lowest BCUT2D eigenvalue weighted by atomic mass is 9.99. The molecule has 266 valence electrons. The number of para-hydroxylation sites is 3. The average Bonchev–Trinajstić information content (AvgIpc) is 3.82. The number of aromatic nitrogens is 2. The Labute approximate surface area is 323 Å². The summed E-state index contributed by atoms with van der Waals surface area (Å²) in [5, 5.41) is 5.27. The largest absolute Gasteiger partial charge is 0.292 e. The van der Waals surface area contributed by atoms with Crippen molar-refractivity contribution in [2.24, 2.45) is 0 Å². The molecule has 0 atom stereocenters. The van der Waals surface area contributed by atoms with Crippen molar-refractivity contribution in [1.29, 1.82) is 0 Å². The maximum absolute atomic E-state index is 5.00. The van der Waals surface area contributed by atoms with Crippen LogP contribution in [0, 0.1) is 6.92 Å². The molecule has 10 rings (SSSR count). The normalized spacial score (nSPS) is 13.2. The molecule has 2 aliphatic rings. The number of aryl methyl sites for hydroxylation is 1. The van der Waals surface area contributed by atoms with E-state index in [2.05, 4.69) is 164 Å². The van der Waals surface area contributed by atoms with E-state index in [4.69, 9.17) is 4.98 Å². The standard InChI is InChI=1S/C24H18N2.C18H14S.C7H8.C2H6/c1-17-15-16-21(20-12-6-5-11-19(17)20)24-25-22-13-7-8-14-23(22)26(24)18-9-3-2-4-10-18;1-2-6-13(7-3-1)14-10-11-16-15-8-4-5-9-17(15)19-18(16)12-14;1-7-5-3-2-4-6-7;1-2/h2-16H,1H3;2,4-12H,1,3H2;2-5H,1,6H2;1-2H3. The molecule has 0 unspecified atom stereocenters. The van der Waals surface area contributed by atoms with Crippen LogP contribution in [0.5, 0.6) is 0 Å². The van der Waals surface area contributed by atoms with E-state index in [1.165, 1.54) is 59.6 Å². The van der Waals surface area contributed by atoms with E-state index in [0.717, 1.165) is 41.0 Å². The molecule has 0 N–H and O–H groups in total. The van der Waals surface area contributed by atoms with Crippen LogP contribution in [0.2, 0.25) is 0 Å². The van der Waals surface area contributed by atoms with E-state index in [1.807, 2.05) is 55.5 Å². The Morgan fingerprint density at radius 1 is 0.630 bits per heavy atom. The minimum absolute atomic E-state index is 0.980. The average molecular weight is 719 g/mol. The Bertz CT molecular complexity index is 2680. The second-order valence-corrected chi connectivity index (χ2v) is 14.3. The molecule has 0 saturated carbocycles. The highest BCUT2D eigenvalue weighted by molar-refractivity contribution is 7.25. The molecule has 0 saturated heterocycles. The lowest BCUT2D eigenvalue weighted by molar-refractivity contribution is 1.04. The van der Waals surface area contributed by atoms with Crippen molar-refractivity contribution in [3.63, 3.8) is 0 Å². The Kier molecular flexibility index (Phi) is 11.6. The molecule has 54 heavy (non-hydrogen) atoms.